The standard InChI is InChI=1S/C25H26ClNO6/c1-4-32-24(29)19-14-27(13-16-6-9-18(26)10-7-16)15-20(25(30)33-5-2)23(19)17-8-11-21(28)22(12-17)31-3/h6-12,14-15,23,28H,4-5,13H2,1-3H3. The van der Waals surface area contributed by atoms with Gasteiger partial charge in [0.1, 0.15) is 0 Å². The lowest BCUT2D eigenvalue weighted by Crippen LogP contribution is -2.29. The molecule has 0 saturated carbocycles. The Morgan fingerprint density at radius 1 is 0.970 bits per heavy atom. The Hall–Kier alpha value is -3.45. The molecule has 0 amide bonds. The Morgan fingerprint density at radius 3 is 2.06 bits per heavy atom. The van der Waals surface area contributed by atoms with Gasteiger partial charge in [-0.2, -0.15) is 0 Å². The number of aromatic hydroxyl groups is 1. The van der Waals surface area contributed by atoms with Crippen LogP contribution in [0.1, 0.15) is 30.9 Å². The van der Waals surface area contributed by atoms with Gasteiger partial charge in [-0.25, -0.2) is 9.59 Å². The Balaban J connectivity index is 2.11. The van der Waals surface area contributed by atoms with Gasteiger partial charge >= 0.3 is 11.9 Å². The summed E-state index contributed by atoms with van der Waals surface area (Å²) in [7, 11) is 1.43. The van der Waals surface area contributed by atoms with Crippen LogP contribution in [0.15, 0.2) is 66.0 Å². The average Bonchev–Trinajstić information content (AvgIpc) is 2.81. The van der Waals surface area contributed by atoms with Gasteiger partial charge in [-0.15, -0.1) is 0 Å². The zero-order valence-electron chi connectivity index (χ0n) is 18.7. The van der Waals surface area contributed by atoms with E-state index < -0.39 is 17.9 Å². The van der Waals surface area contributed by atoms with E-state index in [0.717, 1.165) is 5.56 Å². The number of hydrogen-bond donors (Lipinski definition) is 1. The van der Waals surface area contributed by atoms with Crippen LogP contribution < -0.4 is 4.74 Å². The number of nitrogens with zero attached hydrogens (tertiary/aromatic N) is 1. The fourth-order valence-corrected chi connectivity index (χ4v) is 3.73. The van der Waals surface area contributed by atoms with Gasteiger partial charge in [0.05, 0.1) is 37.4 Å². The van der Waals surface area contributed by atoms with Crippen molar-refractivity contribution in [1.29, 1.82) is 0 Å². The number of phenolic OH excluding ortho intramolecular Hbond substituents is 1. The highest BCUT2D eigenvalue weighted by molar-refractivity contribution is 6.30. The molecule has 2 aromatic rings. The molecule has 33 heavy (non-hydrogen) atoms. The van der Waals surface area contributed by atoms with Crippen molar-refractivity contribution in [1.82, 2.24) is 4.90 Å². The third-order valence-corrected chi connectivity index (χ3v) is 5.32. The molecule has 0 bridgehead atoms. The number of carbonyl (C=O) groups is 2. The predicted octanol–water partition coefficient (Wildman–Crippen LogP) is 4.55. The zero-order valence-corrected chi connectivity index (χ0v) is 19.5. The minimum atomic E-state index is -0.765. The van der Waals surface area contributed by atoms with E-state index in [1.807, 2.05) is 12.1 Å². The molecule has 1 heterocycles. The molecule has 0 aromatic heterocycles. The molecule has 1 aliphatic rings. The van der Waals surface area contributed by atoms with Crippen LogP contribution in [0.5, 0.6) is 11.5 Å². The van der Waals surface area contributed by atoms with Crippen molar-refractivity contribution < 1.29 is 28.9 Å². The van der Waals surface area contributed by atoms with E-state index in [-0.39, 0.29) is 35.9 Å². The second-order valence-corrected chi connectivity index (χ2v) is 7.71. The van der Waals surface area contributed by atoms with Gasteiger partial charge in [-0.05, 0) is 49.2 Å². The van der Waals surface area contributed by atoms with Crippen molar-refractivity contribution >= 4 is 23.5 Å². The summed E-state index contributed by atoms with van der Waals surface area (Å²) in [5.74, 6) is -1.69. The molecule has 2 aromatic carbocycles. The molecule has 1 aliphatic heterocycles. The van der Waals surface area contributed by atoms with E-state index in [4.69, 9.17) is 25.8 Å². The quantitative estimate of drug-likeness (QED) is 0.565. The topological polar surface area (TPSA) is 85.3 Å². The number of halogens is 1. The number of esters is 2. The number of hydrogen-bond acceptors (Lipinski definition) is 7. The first-order chi connectivity index (χ1) is 15.9. The molecule has 1 N–H and O–H groups in total. The van der Waals surface area contributed by atoms with Gasteiger partial charge in [-0.1, -0.05) is 29.8 Å². The Labute approximate surface area is 197 Å². The number of rotatable bonds is 8. The maximum Gasteiger partial charge on any atom is 0.336 e. The molecule has 0 spiro atoms. The molecule has 0 radical (unpaired) electrons. The normalized spacial score (nSPS) is 13.8. The maximum absolute atomic E-state index is 13.0. The SMILES string of the molecule is CCOC(=O)C1=CN(Cc2ccc(Cl)cc2)C=C(C(=O)OCC)C1c1ccc(O)c(OC)c1. The molecule has 0 saturated heterocycles. The molecule has 8 heteroatoms. The van der Waals surface area contributed by atoms with Crippen molar-refractivity contribution in [3.05, 3.63) is 82.2 Å². The summed E-state index contributed by atoms with van der Waals surface area (Å²) in [5, 5.41) is 10.6. The summed E-state index contributed by atoms with van der Waals surface area (Å²) in [6.07, 6.45) is 3.33. The van der Waals surface area contributed by atoms with Crippen LogP contribution in [0.3, 0.4) is 0 Å². The molecule has 0 atom stereocenters. The van der Waals surface area contributed by atoms with Crippen LogP contribution in [0.25, 0.3) is 0 Å². The molecule has 3 rings (SSSR count). The molecule has 0 aliphatic carbocycles. The smallest absolute Gasteiger partial charge is 0.336 e. The highest BCUT2D eigenvalue weighted by Gasteiger charge is 2.36. The van der Waals surface area contributed by atoms with E-state index in [1.54, 1.807) is 55.4 Å². The highest BCUT2D eigenvalue weighted by Crippen LogP contribution is 2.40. The summed E-state index contributed by atoms with van der Waals surface area (Å²) >= 11 is 5.99. The summed E-state index contributed by atoms with van der Waals surface area (Å²) in [4.78, 5) is 27.7. The van der Waals surface area contributed by atoms with Crippen LogP contribution in [-0.4, -0.2) is 42.3 Å². The first-order valence-corrected chi connectivity index (χ1v) is 10.9. The second kappa shape index (κ2) is 10.9. The first-order valence-electron chi connectivity index (χ1n) is 10.5. The Bertz CT molecular complexity index is 1040. The van der Waals surface area contributed by atoms with Gasteiger partial charge in [-0.3, -0.25) is 0 Å². The Kier molecular flexibility index (Phi) is 8.01. The van der Waals surface area contributed by atoms with Crippen LogP contribution in [0, 0.1) is 0 Å². The van der Waals surface area contributed by atoms with Crippen molar-refractivity contribution in [3.63, 3.8) is 0 Å². The van der Waals surface area contributed by atoms with Crippen molar-refractivity contribution in [2.24, 2.45) is 0 Å². The van der Waals surface area contributed by atoms with E-state index in [2.05, 4.69) is 0 Å². The lowest BCUT2D eigenvalue weighted by Gasteiger charge is -2.30. The monoisotopic (exact) mass is 471 g/mol. The third-order valence-electron chi connectivity index (χ3n) is 5.07. The zero-order chi connectivity index (χ0) is 24.0. The predicted molar refractivity (Wildman–Crippen MR) is 124 cm³/mol. The lowest BCUT2D eigenvalue weighted by molar-refractivity contribution is -0.139. The molecular weight excluding hydrogens is 446 g/mol. The van der Waals surface area contributed by atoms with Gasteiger partial charge in [0.25, 0.3) is 0 Å². The molecule has 7 nitrogen and oxygen atoms in total. The van der Waals surface area contributed by atoms with Crippen LogP contribution in [0.4, 0.5) is 0 Å². The van der Waals surface area contributed by atoms with Crippen molar-refractivity contribution in [2.75, 3.05) is 20.3 Å². The number of carbonyl (C=O) groups excluding carboxylic acids is 2. The number of ether oxygens (including phenoxy) is 3. The highest BCUT2D eigenvalue weighted by atomic mass is 35.5. The van der Waals surface area contributed by atoms with Crippen LogP contribution in [-0.2, 0) is 25.6 Å². The van der Waals surface area contributed by atoms with Gasteiger partial charge in [0.2, 0.25) is 0 Å². The molecular formula is C25H26ClNO6. The van der Waals surface area contributed by atoms with Crippen molar-refractivity contribution in [3.8, 4) is 11.5 Å². The summed E-state index contributed by atoms with van der Waals surface area (Å²) in [5.41, 5.74) is 2.05. The summed E-state index contributed by atoms with van der Waals surface area (Å²) < 4.78 is 15.8. The summed E-state index contributed by atoms with van der Waals surface area (Å²) in [6, 6.07) is 12.0. The second-order valence-electron chi connectivity index (χ2n) is 7.27. The minimum Gasteiger partial charge on any atom is -0.504 e. The first kappa shape index (κ1) is 24.2. The molecule has 0 fully saturated rings. The minimum absolute atomic E-state index is 0.0512. The average molecular weight is 472 g/mol. The van der Waals surface area contributed by atoms with E-state index >= 15 is 0 Å². The van der Waals surface area contributed by atoms with Gasteiger partial charge < -0.3 is 24.2 Å². The lowest BCUT2D eigenvalue weighted by atomic mass is 9.83. The van der Waals surface area contributed by atoms with Gasteiger partial charge in [0, 0.05) is 24.0 Å². The van der Waals surface area contributed by atoms with E-state index in [9.17, 15) is 14.7 Å². The molecule has 174 valence electrons. The largest absolute Gasteiger partial charge is 0.504 e. The van der Waals surface area contributed by atoms with E-state index in [1.165, 1.54) is 13.2 Å². The fraction of sp³-hybridized carbons (Fsp3) is 0.280. The van der Waals surface area contributed by atoms with Crippen LogP contribution in [0.2, 0.25) is 5.02 Å². The maximum atomic E-state index is 13.0. The number of methoxy groups -OCH3 is 1. The fourth-order valence-electron chi connectivity index (χ4n) is 3.61. The Morgan fingerprint density at radius 2 is 1.55 bits per heavy atom. The van der Waals surface area contributed by atoms with Gasteiger partial charge in [0.15, 0.2) is 11.5 Å². The van der Waals surface area contributed by atoms with Crippen LogP contribution >= 0.6 is 11.6 Å². The molecule has 0 unspecified atom stereocenters. The number of phenols is 1. The summed E-state index contributed by atoms with van der Waals surface area (Å²) in [6.45, 7) is 4.18. The van der Waals surface area contributed by atoms with Crippen molar-refractivity contribution in [2.45, 2.75) is 26.3 Å². The third kappa shape index (κ3) is 5.68. The van der Waals surface area contributed by atoms with E-state index in [0.29, 0.717) is 17.1 Å². The number of benzene rings is 2.